The maximum atomic E-state index is 12.2. The highest BCUT2D eigenvalue weighted by molar-refractivity contribution is 8.00. The van der Waals surface area contributed by atoms with Crippen molar-refractivity contribution in [3.63, 3.8) is 0 Å². The van der Waals surface area contributed by atoms with Gasteiger partial charge in [0.2, 0.25) is 0 Å². The molecule has 0 bridgehead atoms. The molecular weight excluding hydrogens is 291 g/mol. The van der Waals surface area contributed by atoms with E-state index in [1.54, 1.807) is 12.1 Å². The van der Waals surface area contributed by atoms with Crippen LogP contribution in [-0.2, 0) is 11.3 Å². The molecule has 1 atom stereocenters. The van der Waals surface area contributed by atoms with Gasteiger partial charge in [-0.1, -0.05) is 12.1 Å². The van der Waals surface area contributed by atoms with Crippen LogP contribution in [0, 0.1) is 0 Å². The maximum absolute atomic E-state index is 12.2. The zero-order valence-electron chi connectivity index (χ0n) is 10.6. The van der Waals surface area contributed by atoms with Gasteiger partial charge in [-0.3, -0.25) is 9.69 Å². The van der Waals surface area contributed by atoms with Crippen LogP contribution in [0.3, 0.4) is 0 Å². The van der Waals surface area contributed by atoms with Crippen LogP contribution in [0.15, 0.2) is 29.2 Å². The lowest BCUT2D eigenvalue weighted by Gasteiger charge is -2.21. The molecule has 1 fully saturated rings. The normalized spacial score (nSPS) is 20.2. The zero-order chi connectivity index (χ0) is 14.8. The number of thioether (sulfide) groups is 1. The first kappa shape index (κ1) is 15.2. The largest absolute Gasteiger partial charge is 0.480 e. The van der Waals surface area contributed by atoms with Crippen LogP contribution in [0.2, 0.25) is 0 Å². The van der Waals surface area contributed by atoms with Gasteiger partial charge in [-0.15, -0.1) is 0 Å². The average molecular weight is 305 g/mol. The predicted molar refractivity (Wildman–Crippen MR) is 69.4 cm³/mol. The highest BCUT2D eigenvalue weighted by atomic mass is 32.2. The molecule has 0 spiro atoms. The molecule has 1 saturated heterocycles. The molecule has 1 heterocycles. The van der Waals surface area contributed by atoms with Crippen molar-refractivity contribution in [3.8, 4) is 0 Å². The molecule has 3 nitrogen and oxygen atoms in total. The molecule has 0 amide bonds. The molecule has 0 aromatic heterocycles. The van der Waals surface area contributed by atoms with E-state index in [1.807, 2.05) is 4.90 Å². The molecule has 0 unspecified atom stereocenters. The van der Waals surface area contributed by atoms with E-state index in [1.165, 1.54) is 12.1 Å². The van der Waals surface area contributed by atoms with Crippen LogP contribution in [0.5, 0.6) is 0 Å². The lowest BCUT2D eigenvalue weighted by molar-refractivity contribution is -0.142. The number of benzene rings is 1. The van der Waals surface area contributed by atoms with Gasteiger partial charge in [0.15, 0.2) is 0 Å². The summed E-state index contributed by atoms with van der Waals surface area (Å²) in [5, 5.41) is 9.06. The van der Waals surface area contributed by atoms with E-state index in [4.69, 9.17) is 5.11 Å². The van der Waals surface area contributed by atoms with Crippen LogP contribution in [-0.4, -0.2) is 34.1 Å². The summed E-state index contributed by atoms with van der Waals surface area (Å²) in [6, 6.07) is 5.58. The van der Waals surface area contributed by atoms with Gasteiger partial charge in [0.25, 0.3) is 0 Å². The van der Waals surface area contributed by atoms with E-state index in [0.717, 1.165) is 12.0 Å². The Morgan fingerprint density at radius 1 is 1.35 bits per heavy atom. The third kappa shape index (κ3) is 4.14. The Morgan fingerprint density at radius 3 is 2.55 bits per heavy atom. The van der Waals surface area contributed by atoms with E-state index < -0.39 is 17.5 Å². The SMILES string of the molecule is O=C(O)[C@@H]1CCCN1Cc1ccc(SC(F)(F)F)cc1. The van der Waals surface area contributed by atoms with Gasteiger partial charge in [-0.2, -0.15) is 13.2 Å². The van der Waals surface area contributed by atoms with Gasteiger partial charge in [0, 0.05) is 11.4 Å². The summed E-state index contributed by atoms with van der Waals surface area (Å²) in [5.74, 6) is -0.841. The Labute approximate surface area is 118 Å². The minimum atomic E-state index is -4.29. The second-order valence-electron chi connectivity index (χ2n) is 4.66. The fourth-order valence-corrected chi connectivity index (χ4v) is 2.87. The minimum absolute atomic E-state index is 0.137. The fourth-order valence-electron chi connectivity index (χ4n) is 2.33. The van der Waals surface area contributed by atoms with Crippen molar-refractivity contribution in [3.05, 3.63) is 29.8 Å². The number of carboxylic acids is 1. The van der Waals surface area contributed by atoms with Crippen molar-refractivity contribution in [1.29, 1.82) is 0 Å². The Kier molecular flexibility index (Phi) is 4.59. The highest BCUT2D eigenvalue weighted by Gasteiger charge is 2.31. The number of aliphatic carboxylic acids is 1. The van der Waals surface area contributed by atoms with E-state index in [0.29, 0.717) is 19.5 Å². The molecule has 1 aromatic rings. The quantitative estimate of drug-likeness (QED) is 0.866. The summed E-state index contributed by atoms with van der Waals surface area (Å²) in [6.45, 7) is 1.16. The molecule has 0 aliphatic carbocycles. The monoisotopic (exact) mass is 305 g/mol. The van der Waals surface area contributed by atoms with Crippen molar-refractivity contribution in [1.82, 2.24) is 4.90 Å². The average Bonchev–Trinajstić information content (AvgIpc) is 2.78. The zero-order valence-corrected chi connectivity index (χ0v) is 11.4. The van der Waals surface area contributed by atoms with Crippen molar-refractivity contribution in [2.45, 2.75) is 35.8 Å². The summed E-state index contributed by atoms with van der Waals surface area (Å²) in [6.07, 6.45) is 1.45. The molecule has 2 rings (SSSR count). The summed E-state index contributed by atoms with van der Waals surface area (Å²) >= 11 is -0.150. The third-order valence-corrected chi connectivity index (χ3v) is 3.93. The van der Waals surface area contributed by atoms with Gasteiger partial charge in [-0.25, -0.2) is 0 Å². The van der Waals surface area contributed by atoms with Crippen LogP contribution < -0.4 is 0 Å². The molecule has 1 aliphatic heterocycles. The summed E-state index contributed by atoms with van der Waals surface area (Å²) in [7, 11) is 0. The Hall–Kier alpha value is -1.21. The van der Waals surface area contributed by atoms with Crippen LogP contribution in [0.4, 0.5) is 13.2 Å². The summed E-state index contributed by atoms with van der Waals surface area (Å²) in [4.78, 5) is 13.0. The number of alkyl halides is 3. The molecular formula is C13H14F3NO2S. The number of nitrogens with zero attached hydrogens (tertiary/aromatic N) is 1. The number of rotatable bonds is 4. The first-order chi connectivity index (χ1) is 9.35. The van der Waals surface area contributed by atoms with E-state index in [9.17, 15) is 18.0 Å². The summed E-state index contributed by atoms with van der Waals surface area (Å²) in [5.41, 5.74) is -3.46. The molecule has 20 heavy (non-hydrogen) atoms. The van der Waals surface area contributed by atoms with Gasteiger partial charge in [0.1, 0.15) is 6.04 Å². The van der Waals surface area contributed by atoms with Gasteiger partial charge < -0.3 is 5.11 Å². The molecule has 7 heteroatoms. The van der Waals surface area contributed by atoms with Crippen molar-refractivity contribution in [2.24, 2.45) is 0 Å². The predicted octanol–water partition coefficient (Wildman–Crippen LogP) is 3.35. The van der Waals surface area contributed by atoms with E-state index >= 15 is 0 Å². The van der Waals surface area contributed by atoms with Crippen LogP contribution in [0.1, 0.15) is 18.4 Å². The fraction of sp³-hybridized carbons (Fsp3) is 0.462. The number of carbonyl (C=O) groups is 1. The van der Waals surface area contributed by atoms with Crippen molar-refractivity contribution in [2.75, 3.05) is 6.54 Å². The van der Waals surface area contributed by atoms with Crippen molar-refractivity contribution >= 4 is 17.7 Å². The third-order valence-electron chi connectivity index (χ3n) is 3.19. The second kappa shape index (κ2) is 6.05. The van der Waals surface area contributed by atoms with Gasteiger partial charge >= 0.3 is 11.5 Å². The first-order valence-corrected chi connectivity index (χ1v) is 6.98. The standard InChI is InChI=1S/C13H14F3NO2S/c14-13(15,16)20-10-5-3-9(4-6-10)8-17-7-1-2-11(17)12(18)19/h3-6,11H,1-2,7-8H2,(H,18,19)/t11-/m0/s1. The molecule has 110 valence electrons. The molecule has 1 aromatic carbocycles. The number of halogens is 3. The lowest BCUT2D eigenvalue weighted by Crippen LogP contribution is -2.35. The number of carboxylic acid groups (broad SMARTS) is 1. The lowest BCUT2D eigenvalue weighted by atomic mass is 10.2. The van der Waals surface area contributed by atoms with Crippen molar-refractivity contribution < 1.29 is 23.1 Å². The number of likely N-dealkylation sites (tertiary alicyclic amines) is 1. The topological polar surface area (TPSA) is 40.5 Å². The molecule has 0 radical (unpaired) electrons. The molecule has 1 aliphatic rings. The van der Waals surface area contributed by atoms with Gasteiger partial charge in [0.05, 0.1) is 0 Å². The minimum Gasteiger partial charge on any atom is -0.480 e. The Bertz CT molecular complexity index is 475. The van der Waals surface area contributed by atoms with Gasteiger partial charge in [-0.05, 0) is 48.8 Å². The Morgan fingerprint density at radius 2 is 2.00 bits per heavy atom. The van der Waals surface area contributed by atoms with E-state index in [2.05, 4.69) is 0 Å². The molecule has 0 saturated carbocycles. The second-order valence-corrected chi connectivity index (χ2v) is 5.80. The number of hydrogen-bond acceptors (Lipinski definition) is 3. The maximum Gasteiger partial charge on any atom is 0.446 e. The van der Waals surface area contributed by atoms with Crippen LogP contribution in [0.25, 0.3) is 0 Å². The van der Waals surface area contributed by atoms with Crippen LogP contribution >= 0.6 is 11.8 Å². The first-order valence-electron chi connectivity index (χ1n) is 6.17. The Balaban J connectivity index is 1.98. The summed E-state index contributed by atoms with van der Waals surface area (Å²) < 4.78 is 36.6. The smallest absolute Gasteiger partial charge is 0.446 e. The highest BCUT2D eigenvalue weighted by Crippen LogP contribution is 2.36. The van der Waals surface area contributed by atoms with E-state index in [-0.39, 0.29) is 16.7 Å². The molecule has 1 N–H and O–H groups in total. The number of hydrogen-bond donors (Lipinski definition) is 1.